The summed E-state index contributed by atoms with van der Waals surface area (Å²) in [5.41, 5.74) is 0.734. The fourth-order valence-electron chi connectivity index (χ4n) is 2.47. The molecule has 0 spiro atoms. The Kier molecular flexibility index (Phi) is 7.15. The number of para-hydroxylation sites is 1. The van der Waals surface area contributed by atoms with Gasteiger partial charge >= 0.3 is 5.97 Å². The van der Waals surface area contributed by atoms with E-state index in [2.05, 4.69) is 5.32 Å². The van der Waals surface area contributed by atoms with Gasteiger partial charge in [-0.05, 0) is 50.2 Å². The molecule has 154 valence electrons. The number of hydrogen-bond acceptors (Lipinski definition) is 5. The third-order valence-corrected chi connectivity index (χ3v) is 4.17. The molecule has 0 heterocycles. The van der Waals surface area contributed by atoms with E-state index in [4.69, 9.17) is 9.47 Å². The lowest BCUT2D eigenvalue weighted by Gasteiger charge is -2.18. The van der Waals surface area contributed by atoms with Crippen LogP contribution in [0.3, 0.4) is 0 Å². The van der Waals surface area contributed by atoms with Gasteiger partial charge in [0.15, 0.2) is 6.10 Å². The standard InChI is InChI=1S/C23H27NO5/c1-6-28-19-10-8-7-9-18(19)21(26)29-15(2)20(25)16-11-13-17(14-12-16)24-22(27)23(3,4)5/h7-15H,6H2,1-5H3,(H,24,27)/t15-/m0/s1. The molecule has 6 heteroatoms. The summed E-state index contributed by atoms with van der Waals surface area (Å²) in [5, 5.41) is 2.80. The van der Waals surface area contributed by atoms with E-state index >= 15 is 0 Å². The van der Waals surface area contributed by atoms with Gasteiger partial charge in [-0.2, -0.15) is 0 Å². The molecule has 0 aliphatic heterocycles. The van der Waals surface area contributed by atoms with Crippen LogP contribution in [0.1, 0.15) is 55.3 Å². The van der Waals surface area contributed by atoms with Gasteiger partial charge in [-0.25, -0.2) is 4.79 Å². The summed E-state index contributed by atoms with van der Waals surface area (Å²) in [7, 11) is 0. The first kappa shape index (κ1) is 22.1. The first-order chi connectivity index (χ1) is 13.6. The topological polar surface area (TPSA) is 81.7 Å². The molecular weight excluding hydrogens is 370 g/mol. The minimum Gasteiger partial charge on any atom is -0.493 e. The third-order valence-electron chi connectivity index (χ3n) is 4.17. The molecule has 29 heavy (non-hydrogen) atoms. The summed E-state index contributed by atoms with van der Waals surface area (Å²) >= 11 is 0. The van der Waals surface area contributed by atoms with Crippen molar-refractivity contribution >= 4 is 23.3 Å². The maximum atomic E-state index is 12.6. The van der Waals surface area contributed by atoms with Crippen molar-refractivity contribution in [2.45, 2.75) is 40.7 Å². The van der Waals surface area contributed by atoms with E-state index in [0.717, 1.165) is 0 Å². The number of ketones is 1. The molecule has 0 fully saturated rings. The van der Waals surface area contributed by atoms with Crippen molar-refractivity contribution in [3.8, 4) is 5.75 Å². The van der Waals surface area contributed by atoms with E-state index in [9.17, 15) is 14.4 Å². The summed E-state index contributed by atoms with van der Waals surface area (Å²) in [4.78, 5) is 37.1. The first-order valence-corrected chi connectivity index (χ1v) is 9.52. The number of carbonyl (C=O) groups excluding carboxylic acids is 3. The third kappa shape index (κ3) is 5.91. The molecule has 2 rings (SSSR count). The second kappa shape index (κ2) is 9.37. The highest BCUT2D eigenvalue weighted by atomic mass is 16.5. The molecule has 0 bridgehead atoms. The number of rotatable bonds is 7. The lowest BCUT2D eigenvalue weighted by atomic mass is 9.95. The number of esters is 1. The maximum Gasteiger partial charge on any atom is 0.342 e. The molecule has 1 atom stereocenters. The summed E-state index contributed by atoms with van der Waals surface area (Å²) in [6.07, 6.45) is -0.966. The second-order valence-corrected chi connectivity index (χ2v) is 7.62. The highest BCUT2D eigenvalue weighted by molar-refractivity contribution is 6.02. The van der Waals surface area contributed by atoms with Gasteiger partial charge < -0.3 is 14.8 Å². The number of amides is 1. The lowest BCUT2D eigenvalue weighted by molar-refractivity contribution is -0.123. The number of nitrogens with one attached hydrogen (secondary N) is 1. The summed E-state index contributed by atoms with van der Waals surface area (Å²) in [6, 6.07) is 13.2. The van der Waals surface area contributed by atoms with Gasteiger partial charge in [0.2, 0.25) is 11.7 Å². The van der Waals surface area contributed by atoms with Crippen LogP contribution in [0.4, 0.5) is 5.69 Å². The van der Waals surface area contributed by atoms with Crippen LogP contribution in [0.2, 0.25) is 0 Å². The SMILES string of the molecule is CCOc1ccccc1C(=O)O[C@@H](C)C(=O)c1ccc(NC(=O)C(C)(C)C)cc1. The zero-order valence-corrected chi connectivity index (χ0v) is 17.4. The average molecular weight is 397 g/mol. The molecule has 1 amide bonds. The highest BCUT2D eigenvalue weighted by Crippen LogP contribution is 2.21. The zero-order chi connectivity index (χ0) is 21.6. The second-order valence-electron chi connectivity index (χ2n) is 7.62. The molecule has 1 N–H and O–H groups in total. The van der Waals surface area contributed by atoms with Crippen molar-refractivity contribution in [2.24, 2.45) is 5.41 Å². The Morgan fingerprint density at radius 3 is 2.21 bits per heavy atom. The molecular formula is C23H27NO5. The van der Waals surface area contributed by atoms with Gasteiger partial charge in [0.05, 0.1) is 6.61 Å². The predicted molar refractivity (Wildman–Crippen MR) is 111 cm³/mol. The van der Waals surface area contributed by atoms with E-state index < -0.39 is 17.5 Å². The quantitative estimate of drug-likeness (QED) is 0.550. The monoisotopic (exact) mass is 397 g/mol. The fourth-order valence-corrected chi connectivity index (χ4v) is 2.47. The van der Waals surface area contributed by atoms with Crippen LogP contribution in [0.5, 0.6) is 5.75 Å². The van der Waals surface area contributed by atoms with Crippen molar-refractivity contribution in [2.75, 3.05) is 11.9 Å². The van der Waals surface area contributed by atoms with E-state index in [1.807, 2.05) is 27.7 Å². The normalized spacial score (nSPS) is 12.0. The Morgan fingerprint density at radius 2 is 1.62 bits per heavy atom. The highest BCUT2D eigenvalue weighted by Gasteiger charge is 2.23. The molecule has 0 unspecified atom stereocenters. The van der Waals surface area contributed by atoms with E-state index in [-0.39, 0.29) is 17.3 Å². The Hall–Kier alpha value is -3.15. The van der Waals surface area contributed by atoms with Crippen molar-refractivity contribution in [3.63, 3.8) is 0 Å². The van der Waals surface area contributed by atoms with Crippen LogP contribution in [-0.4, -0.2) is 30.4 Å². The number of carbonyl (C=O) groups is 3. The van der Waals surface area contributed by atoms with Gasteiger partial charge in [0.25, 0.3) is 0 Å². The van der Waals surface area contributed by atoms with Crippen molar-refractivity contribution in [1.29, 1.82) is 0 Å². The van der Waals surface area contributed by atoms with E-state index in [0.29, 0.717) is 23.6 Å². The Bertz CT molecular complexity index is 881. The van der Waals surface area contributed by atoms with Crippen molar-refractivity contribution in [3.05, 3.63) is 59.7 Å². The Balaban J connectivity index is 2.05. The van der Waals surface area contributed by atoms with Gasteiger partial charge in [-0.1, -0.05) is 32.9 Å². The largest absolute Gasteiger partial charge is 0.493 e. The van der Waals surface area contributed by atoms with Crippen molar-refractivity contribution < 1.29 is 23.9 Å². The van der Waals surface area contributed by atoms with Crippen LogP contribution in [0.15, 0.2) is 48.5 Å². The van der Waals surface area contributed by atoms with Crippen LogP contribution in [0.25, 0.3) is 0 Å². The van der Waals surface area contributed by atoms with Crippen molar-refractivity contribution in [1.82, 2.24) is 0 Å². The molecule has 0 aliphatic rings. The minimum atomic E-state index is -0.966. The van der Waals surface area contributed by atoms with Gasteiger partial charge in [-0.15, -0.1) is 0 Å². The number of Topliss-reactive ketones (excluding diaryl/α,β-unsaturated/α-hetero) is 1. The average Bonchev–Trinajstić information content (AvgIpc) is 2.67. The van der Waals surface area contributed by atoms with Gasteiger partial charge in [0, 0.05) is 16.7 Å². The summed E-state index contributed by atoms with van der Waals surface area (Å²) < 4.78 is 10.8. The molecule has 0 aromatic heterocycles. The maximum absolute atomic E-state index is 12.6. The first-order valence-electron chi connectivity index (χ1n) is 9.52. The van der Waals surface area contributed by atoms with Crippen LogP contribution in [-0.2, 0) is 9.53 Å². The fraction of sp³-hybridized carbons (Fsp3) is 0.348. The summed E-state index contributed by atoms with van der Waals surface area (Å²) in [5.74, 6) is -0.657. The number of benzene rings is 2. The van der Waals surface area contributed by atoms with Gasteiger partial charge in [0.1, 0.15) is 11.3 Å². The number of ether oxygens (including phenoxy) is 2. The van der Waals surface area contributed by atoms with Crippen LogP contribution < -0.4 is 10.1 Å². The smallest absolute Gasteiger partial charge is 0.342 e. The molecule has 2 aromatic carbocycles. The number of anilines is 1. The molecule has 0 radical (unpaired) electrons. The van der Waals surface area contributed by atoms with E-state index in [1.54, 1.807) is 48.5 Å². The zero-order valence-electron chi connectivity index (χ0n) is 17.4. The Labute approximate surface area is 171 Å². The predicted octanol–water partition coefficient (Wildman–Crippen LogP) is 4.50. The molecule has 2 aromatic rings. The van der Waals surface area contributed by atoms with Crippen LogP contribution >= 0.6 is 0 Å². The molecule has 0 saturated carbocycles. The lowest BCUT2D eigenvalue weighted by Crippen LogP contribution is -2.27. The summed E-state index contributed by atoms with van der Waals surface area (Å²) in [6.45, 7) is 9.22. The van der Waals surface area contributed by atoms with Gasteiger partial charge in [-0.3, -0.25) is 9.59 Å². The minimum absolute atomic E-state index is 0.119. The van der Waals surface area contributed by atoms with Crippen LogP contribution in [0, 0.1) is 5.41 Å². The molecule has 6 nitrogen and oxygen atoms in total. The van der Waals surface area contributed by atoms with E-state index in [1.165, 1.54) is 6.92 Å². The number of hydrogen-bond donors (Lipinski definition) is 1. The molecule has 0 aliphatic carbocycles. The molecule has 0 saturated heterocycles. The Morgan fingerprint density at radius 1 is 1.00 bits per heavy atom.